The molecule has 12 heteroatoms. The molecule has 182 valence electrons. The number of carbonyl (C=O) groups is 1. The summed E-state index contributed by atoms with van der Waals surface area (Å²) in [5, 5.41) is 9.78. The summed E-state index contributed by atoms with van der Waals surface area (Å²) in [4.78, 5) is 25.5. The normalized spacial score (nSPS) is 18.4. The smallest absolute Gasteiger partial charge is 0.272 e. The summed E-state index contributed by atoms with van der Waals surface area (Å²) in [6.07, 6.45) is 7.16. The first-order chi connectivity index (χ1) is 16.3. The van der Waals surface area contributed by atoms with E-state index in [1.54, 1.807) is 39.9 Å². The lowest BCUT2D eigenvalue weighted by molar-refractivity contribution is 0.0705. The molecule has 0 unspecified atom stereocenters. The highest BCUT2D eigenvalue weighted by Crippen LogP contribution is 2.34. The number of thiazole rings is 1. The molecule has 1 aliphatic carbocycles. The Morgan fingerprint density at radius 1 is 1.24 bits per heavy atom. The number of nitrogens with zero attached hydrogens (tertiary/aromatic N) is 5. The molecule has 0 aromatic carbocycles. The molecule has 2 N–H and O–H groups in total. The second-order valence-electron chi connectivity index (χ2n) is 9.03. The number of fused-ring (bicyclic) bond motifs is 1. The van der Waals surface area contributed by atoms with Crippen molar-refractivity contribution in [3.63, 3.8) is 0 Å². The fourth-order valence-corrected chi connectivity index (χ4v) is 5.98. The Bertz CT molecular complexity index is 1290. The second-order valence-corrected chi connectivity index (χ2v) is 12.0. The topological polar surface area (TPSA) is 122 Å². The van der Waals surface area contributed by atoms with Gasteiger partial charge in [-0.1, -0.05) is 0 Å². The number of carbonyl (C=O) groups excluding carboxylic acids is 1. The summed E-state index contributed by atoms with van der Waals surface area (Å²) in [5.41, 5.74) is 1.12. The van der Waals surface area contributed by atoms with Gasteiger partial charge in [0, 0.05) is 42.8 Å². The predicted molar refractivity (Wildman–Crippen MR) is 131 cm³/mol. The molecule has 34 heavy (non-hydrogen) atoms. The largest absolute Gasteiger partial charge is 0.367 e. The highest BCUT2D eigenvalue weighted by atomic mass is 32.2. The minimum absolute atomic E-state index is 0.0529. The van der Waals surface area contributed by atoms with Gasteiger partial charge in [-0.2, -0.15) is 5.10 Å². The van der Waals surface area contributed by atoms with Crippen molar-refractivity contribution in [2.24, 2.45) is 5.92 Å². The molecule has 3 aromatic rings. The molecular formula is C22H29N7O3S2. The molecule has 2 fully saturated rings. The zero-order valence-electron chi connectivity index (χ0n) is 19.3. The maximum atomic E-state index is 13.4. The van der Waals surface area contributed by atoms with Gasteiger partial charge in [0.25, 0.3) is 5.91 Å². The van der Waals surface area contributed by atoms with E-state index in [4.69, 9.17) is 4.98 Å². The van der Waals surface area contributed by atoms with Gasteiger partial charge in [-0.3, -0.25) is 4.79 Å². The van der Waals surface area contributed by atoms with E-state index in [-0.39, 0.29) is 23.7 Å². The number of likely N-dealkylation sites (tertiary alicyclic amines) is 1. The summed E-state index contributed by atoms with van der Waals surface area (Å²) in [6.45, 7) is 4.70. The summed E-state index contributed by atoms with van der Waals surface area (Å²) in [7, 11) is -3.26. The van der Waals surface area contributed by atoms with Crippen molar-refractivity contribution in [2.45, 2.75) is 51.6 Å². The number of hydrogen-bond donors (Lipinski definition) is 2. The van der Waals surface area contributed by atoms with Gasteiger partial charge in [0.15, 0.2) is 5.82 Å². The number of piperidine rings is 1. The van der Waals surface area contributed by atoms with Crippen LogP contribution < -0.4 is 10.0 Å². The fraction of sp³-hybridized carbons (Fsp3) is 0.545. The van der Waals surface area contributed by atoms with Crippen molar-refractivity contribution in [2.75, 3.05) is 24.2 Å². The number of rotatable bonds is 8. The predicted octanol–water partition coefficient (Wildman–Crippen LogP) is 2.61. The average molecular weight is 504 g/mol. The van der Waals surface area contributed by atoms with E-state index in [0.717, 1.165) is 10.4 Å². The SMILES string of the molecule is CCS(=O)(=O)NC1CCN(C(=O)c2cc(N[C@@H](C)C3CC3)nc(-c3cnn4ccsc34)n2)CC1. The van der Waals surface area contributed by atoms with Gasteiger partial charge in [0.1, 0.15) is 16.3 Å². The molecule has 10 nitrogen and oxygen atoms in total. The zero-order chi connectivity index (χ0) is 23.9. The molecule has 1 aliphatic heterocycles. The number of amides is 1. The Kier molecular flexibility index (Phi) is 6.30. The van der Waals surface area contributed by atoms with E-state index in [1.807, 2.05) is 11.6 Å². The molecule has 1 saturated carbocycles. The lowest BCUT2D eigenvalue weighted by atomic mass is 10.1. The van der Waals surface area contributed by atoms with Gasteiger partial charge in [0.05, 0.1) is 17.5 Å². The molecule has 3 aromatic heterocycles. The van der Waals surface area contributed by atoms with Crippen LogP contribution in [0.5, 0.6) is 0 Å². The number of nitrogens with one attached hydrogen (secondary N) is 2. The third kappa shape index (κ3) is 4.93. The maximum absolute atomic E-state index is 13.4. The van der Waals surface area contributed by atoms with Gasteiger partial charge >= 0.3 is 0 Å². The van der Waals surface area contributed by atoms with E-state index in [0.29, 0.717) is 49.2 Å². The molecule has 4 heterocycles. The van der Waals surface area contributed by atoms with Gasteiger partial charge in [-0.25, -0.2) is 27.6 Å². The van der Waals surface area contributed by atoms with Crippen molar-refractivity contribution < 1.29 is 13.2 Å². The van der Waals surface area contributed by atoms with Crippen LogP contribution >= 0.6 is 11.3 Å². The monoisotopic (exact) mass is 503 g/mol. The lowest BCUT2D eigenvalue weighted by Crippen LogP contribution is -2.47. The van der Waals surface area contributed by atoms with Gasteiger partial charge in [-0.15, -0.1) is 11.3 Å². The van der Waals surface area contributed by atoms with Crippen LogP contribution in [-0.4, -0.2) is 69.7 Å². The first kappa shape index (κ1) is 23.2. The Morgan fingerprint density at radius 2 is 2.00 bits per heavy atom. The Labute approximate surface area is 202 Å². The minimum atomic E-state index is -3.26. The Morgan fingerprint density at radius 3 is 2.71 bits per heavy atom. The molecule has 1 saturated heterocycles. The van der Waals surface area contributed by atoms with Crippen LogP contribution in [0.2, 0.25) is 0 Å². The van der Waals surface area contributed by atoms with E-state index in [9.17, 15) is 13.2 Å². The quantitative estimate of drug-likeness (QED) is 0.485. The van der Waals surface area contributed by atoms with Crippen molar-refractivity contribution in [1.29, 1.82) is 0 Å². The lowest BCUT2D eigenvalue weighted by Gasteiger charge is -2.32. The molecule has 1 amide bonds. The van der Waals surface area contributed by atoms with E-state index in [1.165, 1.54) is 12.8 Å². The number of hydrogen-bond acceptors (Lipinski definition) is 8. The summed E-state index contributed by atoms with van der Waals surface area (Å²) < 4.78 is 28.3. The van der Waals surface area contributed by atoms with Gasteiger partial charge in [0.2, 0.25) is 10.0 Å². The van der Waals surface area contributed by atoms with E-state index < -0.39 is 10.0 Å². The third-order valence-corrected chi connectivity index (χ3v) is 8.87. The van der Waals surface area contributed by atoms with Crippen LogP contribution in [-0.2, 0) is 10.0 Å². The standard InChI is InChI=1S/C22H29N7O3S2/c1-3-34(31,32)27-16-6-8-28(9-7-16)21(30)18-12-19(24-14(2)15-4-5-15)26-20(25-18)17-13-23-29-10-11-33-22(17)29/h10-16,27H,3-9H2,1-2H3,(H,24,25,26)/t14-/m0/s1. The molecule has 5 rings (SSSR count). The maximum Gasteiger partial charge on any atom is 0.272 e. The number of anilines is 1. The van der Waals surface area contributed by atoms with Crippen molar-refractivity contribution in [3.05, 3.63) is 29.5 Å². The first-order valence-corrected chi connectivity index (χ1v) is 14.2. The van der Waals surface area contributed by atoms with E-state index in [2.05, 4.69) is 27.0 Å². The highest BCUT2D eigenvalue weighted by Gasteiger charge is 2.30. The molecule has 2 aliphatic rings. The molecule has 0 bridgehead atoms. The third-order valence-electron chi connectivity index (χ3n) is 6.53. The van der Waals surface area contributed by atoms with Gasteiger partial charge in [-0.05, 0) is 45.4 Å². The molecule has 0 radical (unpaired) electrons. The highest BCUT2D eigenvalue weighted by molar-refractivity contribution is 7.89. The van der Waals surface area contributed by atoms with Gasteiger partial charge < -0.3 is 10.2 Å². The Balaban J connectivity index is 1.39. The molecule has 1 atom stereocenters. The van der Waals surface area contributed by atoms with E-state index >= 15 is 0 Å². The zero-order valence-corrected chi connectivity index (χ0v) is 20.9. The van der Waals surface area contributed by atoms with Crippen LogP contribution in [0, 0.1) is 5.92 Å². The first-order valence-electron chi connectivity index (χ1n) is 11.7. The molecule has 0 spiro atoms. The van der Waals surface area contributed by atoms with Crippen LogP contribution in [0.4, 0.5) is 5.82 Å². The fourth-order valence-electron chi connectivity index (χ4n) is 4.28. The molecular weight excluding hydrogens is 474 g/mol. The van der Waals surface area contributed by atoms with Crippen molar-refractivity contribution in [3.8, 4) is 11.4 Å². The van der Waals surface area contributed by atoms with Crippen LogP contribution in [0.15, 0.2) is 23.8 Å². The Hall–Kier alpha value is -2.57. The number of aromatic nitrogens is 4. The van der Waals surface area contributed by atoms with Crippen LogP contribution in [0.3, 0.4) is 0 Å². The average Bonchev–Trinajstić information content (AvgIpc) is 3.45. The number of sulfonamides is 1. The second kappa shape index (κ2) is 9.23. The summed E-state index contributed by atoms with van der Waals surface area (Å²) >= 11 is 1.55. The summed E-state index contributed by atoms with van der Waals surface area (Å²) in [6, 6.07) is 1.85. The van der Waals surface area contributed by atoms with Crippen molar-refractivity contribution >= 4 is 37.9 Å². The van der Waals surface area contributed by atoms with Crippen LogP contribution in [0.1, 0.15) is 50.0 Å². The van der Waals surface area contributed by atoms with Crippen LogP contribution in [0.25, 0.3) is 16.2 Å². The minimum Gasteiger partial charge on any atom is -0.367 e. The van der Waals surface area contributed by atoms with Crippen molar-refractivity contribution in [1.82, 2.24) is 29.2 Å². The summed E-state index contributed by atoms with van der Waals surface area (Å²) in [5.74, 6) is 1.62.